The first-order valence-corrected chi connectivity index (χ1v) is 8.28. The van der Waals surface area contributed by atoms with Crippen molar-refractivity contribution in [3.05, 3.63) is 65.2 Å². The van der Waals surface area contributed by atoms with Gasteiger partial charge in [-0.05, 0) is 55.0 Å². The van der Waals surface area contributed by atoms with Gasteiger partial charge in [-0.3, -0.25) is 4.79 Å². The maximum Gasteiger partial charge on any atom is 0.251 e. The van der Waals surface area contributed by atoms with Gasteiger partial charge in [0.1, 0.15) is 0 Å². The summed E-state index contributed by atoms with van der Waals surface area (Å²) in [5.41, 5.74) is 4.58. The zero-order valence-corrected chi connectivity index (χ0v) is 13.9. The van der Waals surface area contributed by atoms with Gasteiger partial charge in [0.2, 0.25) is 0 Å². The largest absolute Gasteiger partial charge is 0.378 e. The highest BCUT2D eigenvalue weighted by atomic mass is 16.1. The number of benzene rings is 2. The molecule has 2 aromatic rings. The Labute approximate surface area is 138 Å². The zero-order chi connectivity index (χ0) is 16.2. The molecule has 1 aliphatic rings. The van der Waals surface area contributed by atoms with Crippen molar-refractivity contribution >= 4 is 11.6 Å². The quantitative estimate of drug-likeness (QED) is 0.881. The Bertz CT molecular complexity index is 694. The lowest BCUT2D eigenvalue weighted by Gasteiger charge is -2.18. The molecule has 1 amide bonds. The molecule has 3 heteroatoms. The summed E-state index contributed by atoms with van der Waals surface area (Å²) in [7, 11) is 3.97. The highest BCUT2D eigenvalue weighted by Crippen LogP contribution is 2.21. The van der Waals surface area contributed by atoms with Crippen molar-refractivity contribution in [2.45, 2.75) is 31.7 Å². The Morgan fingerprint density at radius 3 is 2.65 bits per heavy atom. The van der Waals surface area contributed by atoms with Gasteiger partial charge in [-0.1, -0.05) is 30.3 Å². The minimum absolute atomic E-state index is 0.0260. The van der Waals surface area contributed by atoms with Gasteiger partial charge in [-0.25, -0.2) is 0 Å². The van der Waals surface area contributed by atoms with E-state index in [2.05, 4.69) is 29.6 Å². The number of nitrogens with zero attached hydrogens (tertiary/aromatic N) is 1. The fraction of sp³-hybridized carbons (Fsp3) is 0.350. The van der Waals surface area contributed by atoms with Crippen LogP contribution in [0.5, 0.6) is 0 Å². The van der Waals surface area contributed by atoms with Crippen LogP contribution < -0.4 is 10.2 Å². The number of aryl methyl sites for hydroxylation is 1. The van der Waals surface area contributed by atoms with Gasteiger partial charge in [0, 0.05) is 31.4 Å². The maximum absolute atomic E-state index is 12.6. The van der Waals surface area contributed by atoms with Gasteiger partial charge >= 0.3 is 0 Å². The molecule has 0 radical (unpaired) electrons. The summed E-state index contributed by atoms with van der Waals surface area (Å²) < 4.78 is 0. The van der Waals surface area contributed by atoms with Crippen LogP contribution in [-0.2, 0) is 12.8 Å². The minimum atomic E-state index is 0.0260. The lowest BCUT2D eigenvalue weighted by Crippen LogP contribution is -2.36. The van der Waals surface area contributed by atoms with E-state index < -0.39 is 0 Å². The van der Waals surface area contributed by atoms with E-state index in [0.717, 1.165) is 36.9 Å². The minimum Gasteiger partial charge on any atom is -0.378 e. The van der Waals surface area contributed by atoms with Crippen LogP contribution in [0.25, 0.3) is 0 Å². The van der Waals surface area contributed by atoms with Crippen molar-refractivity contribution in [3.8, 4) is 0 Å². The predicted molar refractivity (Wildman–Crippen MR) is 95.1 cm³/mol. The number of anilines is 1. The van der Waals surface area contributed by atoms with E-state index in [1.807, 2.05) is 43.3 Å². The molecule has 0 spiro atoms. The van der Waals surface area contributed by atoms with Crippen LogP contribution in [0.2, 0.25) is 0 Å². The predicted octanol–water partition coefficient (Wildman–Crippen LogP) is 3.43. The van der Waals surface area contributed by atoms with Gasteiger partial charge in [-0.2, -0.15) is 0 Å². The molecule has 0 heterocycles. The summed E-state index contributed by atoms with van der Waals surface area (Å²) in [4.78, 5) is 14.6. The Hall–Kier alpha value is -2.29. The molecule has 23 heavy (non-hydrogen) atoms. The van der Waals surface area contributed by atoms with Crippen molar-refractivity contribution in [2.24, 2.45) is 0 Å². The number of rotatable bonds is 3. The summed E-state index contributed by atoms with van der Waals surface area (Å²) in [5.74, 6) is 0.0260. The number of fused-ring (bicyclic) bond motifs is 1. The molecule has 1 N–H and O–H groups in total. The molecule has 0 saturated heterocycles. The Morgan fingerprint density at radius 2 is 1.87 bits per heavy atom. The molecule has 1 unspecified atom stereocenters. The van der Waals surface area contributed by atoms with E-state index in [4.69, 9.17) is 0 Å². The molecule has 1 atom stereocenters. The molecule has 0 fully saturated rings. The first kappa shape index (κ1) is 15.6. The van der Waals surface area contributed by atoms with Crippen molar-refractivity contribution in [1.29, 1.82) is 0 Å². The normalized spacial score (nSPS) is 17.0. The molecule has 0 aromatic heterocycles. The van der Waals surface area contributed by atoms with E-state index in [-0.39, 0.29) is 11.9 Å². The van der Waals surface area contributed by atoms with Crippen molar-refractivity contribution in [1.82, 2.24) is 5.32 Å². The van der Waals surface area contributed by atoms with E-state index in [1.54, 1.807) is 0 Å². The smallest absolute Gasteiger partial charge is 0.251 e. The molecular formula is C20H24N2O. The van der Waals surface area contributed by atoms with E-state index in [9.17, 15) is 4.79 Å². The Balaban J connectivity index is 1.72. The number of amides is 1. The number of carbonyl (C=O) groups is 1. The number of hydrogen-bond acceptors (Lipinski definition) is 2. The molecule has 3 rings (SSSR count). The van der Waals surface area contributed by atoms with Crippen LogP contribution in [0.3, 0.4) is 0 Å². The second kappa shape index (κ2) is 6.86. The molecule has 0 saturated carbocycles. The molecule has 0 aliphatic heterocycles. The monoisotopic (exact) mass is 308 g/mol. The Kier molecular flexibility index (Phi) is 4.65. The van der Waals surface area contributed by atoms with Crippen LogP contribution in [0, 0.1) is 0 Å². The highest BCUT2D eigenvalue weighted by molar-refractivity contribution is 5.95. The number of nitrogens with one attached hydrogen (secondary N) is 1. The maximum atomic E-state index is 12.6. The lowest BCUT2D eigenvalue weighted by atomic mass is 10.0. The summed E-state index contributed by atoms with van der Waals surface area (Å²) in [6.07, 6.45) is 4.20. The van der Waals surface area contributed by atoms with Crippen molar-refractivity contribution < 1.29 is 4.79 Å². The first-order chi connectivity index (χ1) is 11.1. The average molecular weight is 308 g/mol. The van der Waals surface area contributed by atoms with Crippen LogP contribution >= 0.6 is 0 Å². The molecular weight excluding hydrogens is 284 g/mol. The number of carbonyl (C=O) groups excluding carboxylic acids is 1. The van der Waals surface area contributed by atoms with Crippen LogP contribution in [-0.4, -0.2) is 26.0 Å². The summed E-state index contributed by atoms with van der Waals surface area (Å²) in [6, 6.07) is 16.6. The molecule has 2 aromatic carbocycles. The van der Waals surface area contributed by atoms with Gasteiger partial charge < -0.3 is 10.2 Å². The first-order valence-electron chi connectivity index (χ1n) is 8.28. The summed E-state index contributed by atoms with van der Waals surface area (Å²) in [5, 5.41) is 3.22. The van der Waals surface area contributed by atoms with Crippen LogP contribution in [0.15, 0.2) is 48.5 Å². The fourth-order valence-corrected chi connectivity index (χ4v) is 3.22. The van der Waals surface area contributed by atoms with Crippen molar-refractivity contribution in [3.63, 3.8) is 0 Å². The summed E-state index contributed by atoms with van der Waals surface area (Å²) >= 11 is 0. The lowest BCUT2D eigenvalue weighted by molar-refractivity contribution is 0.0935. The summed E-state index contributed by atoms with van der Waals surface area (Å²) in [6.45, 7) is 0. The standard InChI is InChI=1S/C20H24N2O/c1-22(2)19-12-6-10-17(14-19)20(23)21-18-11-5-9-15-7-3-4-8-16(15)13-18/h3-4,6-8,10,12,14,18H,5,9,11,13H2,1-2H3,(H,21,23). The Morgan fingerprint density at radius 1 is 1.09 bits per heavy atom. The van der Waals surface area contributed by atoms with Gasteiger partial charge in [-0.15, -0.1) is 0 Å². The second-order valence-corrected chi connectivity index (χ2v) is 6.48. The third-order valence-electron chi connectivity index (χ3n) is 4.54. The van der Waals surface area contributed by atoms with Gasteiger partial charge in [0.05, 0.1) is 0 Å². The topological polar surface area (TPSA) is 32.3 Å². The van der Waals surface area contributed by atoms with Crippen LogP contribution in [0.1, 0.15) is 34.3 Å². The van der Waals surface area contributed by atoms with Crippen LogP contribution in [0.4, 0.5) is 5.69 Å². The van der Waals surface area contributed by atoms with E-state index >= 15 is 0 Å². The zero-order valence-electron chi connectivity index (χ0n) is 13.9. The fourth-order valence-electron chi connectivity index (χ4n) is 3.22. The van der Waals surface area contributed by atoms with Gasteiger partial charge in [0.25, 0.3) is 5.91 Å². The van der Waals surface area contributed by atoms with E-state index in [0.29, 0.717) is 0 Å². The molecule has 3 nitrogen and oxygen atoms in total. The molecule has 120 valence electrons. The second-order valence-electron chi connectivity index (χ2n) is 6.48. The highest BCUT2D eigenvalue weighted by Gasteiger charge is 2.19. The van der Waals surface area contributed by atoms with Crippen molar-refractivity contribution in [2.75, 3.05) is 19.0 Å². The third kappa shape index (κ3) is 3.73. The SMILES string of the molecule is CN(C)c1cccc(C(=O)NC2CCCc3ccccc3C2)c1. The average Bonchev–Trinajstić information content (AvgIpc) is 2.76. The molecule has 0 bridgehead atoms. The number of hydrogen-bond donors (Lipinski definition) is 1. The van der Waals surface area contributed by atoms with E-state index in [1.165, 1.54) is 11.1 Å². The van der Waals surface area contributed by atoms with Gasteiger partial charge in [0.15, 0.2) is 0 Å². The third-order valence-corrected chi connectivity index (χ3v) is 4.54. The molecule has 1 aliphatic carbocycles.